The molecule has 0 amide bonds. The Kier molecular flexibility index (Phi) is 6.61. The monoisotopic (exact) mass is 434 g/mol. The van der Waals surface area contributed by atoms with Gasteiger partial charge in [-0.2, -0.15) is 5.26 Å². The van der Waals surface area contributed by atoms with Gasteiger partial charge in [0.05, 0.1) is 24.8 Å². The van der Waals surface area contributed by atoms with Gasteiger partial charge in [-0.1, -0.05) is 6.07 Å². The predicted molar refractivity (Wildman–Crippen MR) is 106 cm³/mol. The summed E-state index contributed by atoms with van der Waals surface area (Å²) in [5, 5.41) is 9.52. The number of nitrogens with one attached hydrogen (secondary N) is 1. The van der Waals surface area contributed by atoms with Gasteiger partial charge in [-0.3, -0.25) is 0 Å². The molecule has 3 aromatic rings. The summed E-state index contributed by atoms with van der Waals surface area (Å²) in [7, 11) is 1.58. The Balaban J connectivity index is 0.00000243. The van der Waals surface area contributed by atoms with E-state index in [1.165, 1.54) is 0 Å². The largest absolute Gasteiger partial charge is 0.493 e. The molecule has 0 atom stereocenters. The molecule has 0 unspecified atom stereocenters. The maximum absolute atomic E-state index is 9.52. The zero-order chi connectivity index (χ0) is 17.8. The fourth-order valence-corrected chi connectivity index (χ4v) is 2.70. The number of nitrogens with zero attached hydrogens (tertiary/aromatic N) is 3. The van der Waals surface area contributed by atoms with Gasteiger partial charge in [0.2, 0.25) is 0 Å². The van der Waals surface area contributed by atoms with Gasteiger partial charge in [-0.15, -0.1) is 12.4 Å². The summed E-state index contributed by atoms with van der Waals surface area (Å²) in [6.07, 6.45) is 3.41. The first-order valence-corrected chi connectivity index (χ1v) is 8.38. The molecule has 0 aliphatic heterocycles. The van der Waals surface area contributed by atoms with E-state index in [-0.39, 0.29) is 12.4 Å². The van der Waals surface area contributed by atoms with Gasteiger partial charge >= 0.3 is 0 Å². The van der Waals surface area contributed by atoms with Gasteiger partial charge in [0, 0.05) is 10.7 Å². The maximum Gasteiger partial charge on any atom is 0.178 e. The van der Waals surface area contributed by atoms with Crippen LogP contribution in [-0.4, -0.2) is 28.7 Å². The molecule has 1 N–H and O–H groups in total. The Hall–Kier alpha value is -2.56. The van der Waals surface area contributed by atoms with Gasteiger partial charge in [0.25, 0.3) is 0 Å². The number of imidazole rings is 1. The second kappa shape index (κ2) is 8.70. The maximum atomic E-state index is 9.52. The molecule has 0 saturated heterocycles. The standard InChI is InChI=1S/C18H15BrN4O2.ClH/c1-3-25-15-5-4-11(7-16(15)24-2)6-12(9-20)17-22-14-8-13(19)10-21-18(14)23-17;/h4-8,10H,3H2,1-2H3,(H,21,22,23);1H/b12-6+;. The second-order valence-corrected chi connectivity index (χ2v) is 6.04. The molecule has 8 heteroatoms. The molecule has 3 rings (SSSR count). The normalized spacial score (nSPS) is 10.9. The van der Waals surface area contributed by atoms with Gasteiger partial charge in [-0.05, 0) is 52.7 Å². The Morgan fingerprint density at radius 1 is 1.35 bits per heavy atom. The van der Waals surface area contributed by atoms with Gasteiger partial charge in [0.1, 0.15) is 6.07 Å². The number of rotatable bonds is 5. The van der Waals surface area contributed by atoms with Crippen molar-refractivity contribution in [3.8, 4) is 17.6 Å². The van der Waals surface area contributed by atoms with E-state index in [0.29, 0.717) is 35.2 Å². The molecule has 1 aromatic carbocycles. The molecular weight excluding hydrogens is 420 g/mol. The molecule has 0 fully saturated rings. The van der Waals surface area contributed by atoms with E-state index in [2.05, 4.69) is 37.0 Å². The first-order valence-electron chi connectivity index (χ1n) is 7.59. The van der Waals surface area contributed by atoms with Crippen molar-refractivity contribution in [2.45, 2.75) is 6.92 Å². The van der Waals surface area contributed by atoms with Crippen LogP contribution in [0, 0.1) is 11.3 Å². The fourth-order valence-electron chi connectivity index (χ4n) is 2.37. The average Bonchev–Trinajstić information content (AvgIpc) is 3.03. The summed E-state index contributed by atoms with van der Waals surface area (Å²) in [6.45, 7) is 2.46. The molecular formula is C18H16BrClN4O2. The second-order valence-electron chi connectivity index (χ2n) is 5.12. The van der Waals surface area contributed by atoms with Crippen LogP contribution < -0.4 is 9.47 Å². The van der Waals surface area contributed by atoms with Crippen LogP contribution in [0.25, 0.3) is 22.8 Å². The van der Waals surface area contributed by atoms with E-state index < -0.39 is 0 Å². The van der Waals surface area contributed by atoms with E-state index in [9.17, 15) is 5.26 Å². The minimum atomic E-state index is 0. The van der Waals surface area contributed by atoms with Gasteiger partial charge in [0.15, 0.2) is 23.0 Å². The number of halogens is 2. The number of ether oxygens (including phenoxy) is 2. The van der Waals surface area contributed by atoms with Crippen LogP contribution in [0.4, 0.5) is 0 Å². The number of pyridine rings is 1. The number of aromatic amines is 1. The van der Waals surface area contributed by atoms with Gasteiger partial charge in [-0.25, -0.2) is 9.97 Å². The molecule has 0 aliphatic rings. The van der Waals surface area contributed by atoms with Crippen molar-refractivity contribution < 1.29 is 9.47 Å². The summed E-state index contributed by atoms with van der Waals surface area (Å²) in [6, 6.07) is 9.55. The number of H-pyrrole nitrogens is 1. The SMILES string of the molecule is CCOc1ccc(/C=C(\C#N)c2nc3ncc(Br)cc3[nH]2)cc1OC.Cl. The topological polar surface area (TPSA) is 83.8 Å². The number of allylic oxidation sites excluding steroid dienone is 1. The highest BCUT2D eigenvalue weighted by atomic mass is 79.9. The zero-order valence-corrected chi connectivity index (χ0v) is 16.5. The summed E-state index contributed by atoms with van der Waals surface area (Å²) >= 11 is 3.37. The number of hydrogen-bond donors (Lipinski definition) is 1. The third kappa shape index (κ3) is 4.15. The van der Waals surface area contributed by atoms with E-state index in [4.69, 9.17) is 9.47 Å². The molecule has 2 aromatic heterocycles. The molecule has 0 aliphatic carbocycles. The Bertz CT molecular complexity index is 995. The summed E-state index contributed by atoms with van der Waals surface area (Å²) in [5.74, 6) is 1.75. The van der Waals surface area contributed by atoms with Crippen LogP contribution >= 0.6 is 28.3 Å². The van der Waals surface area contributed by atoms with Gasteiger partial charge < -0.3 is 14.5 Å². The van der Waals surface area contributed by atoms with Crippen molar-refractivity contribution >= 4 is 51.1 Å². The van der Waals surface area contributed by atoms with Crippen molar-refractivity contribution in [2.75, 3.05) is 13.7 Å². The average molecular weight is 436 g/mol. The Morgan fingerprint density at radius 2 is 2.15 bits per heavy atom. The predicted octanol–water partition coefficient (Wildman–Crippen LogP) is 4.61. The zero-order valence-electron chi connectivity index (χ0n) is 14.1. The Labute approximate surface area is 165 Å². The molecule has 134 valence electrons. The van der Waals surface area contributed by atoms with Crippen LogP contribution in [0.5, 0.6) is 11.5 Å². The van der Waals surface area contributed by atoms with E-state index in [1.54, 1.807) is 19.4 Å². The molecule has 0 saturated carbocycles. The van der Waals surface area contributed by atoms with E-state index >= 15 is 0 Å². The van der Waals surface area contributed by atoms with Crippen LogP contribution in [0.15, 0.2) is 34.9 Å². The van der Waals surface area contributed by atoms with Crippen molar-refractivity contribution in [1.82, 2.24) is 15.0 Å². The summed E-state index contributed by atoms with van der Waals surface area (Å²) in [4.78, 5) is 11.7. The summed E-state index contributed by atoms with van der Waals surface area (Å²) in [5.41, 5.74) is 2.53. The number of methoxy groups -OCH3 is 1. The minimum absolute atomic E-state index is 0. The van der Waals surface area contributed by atoms with Crippen LogP contribution in [0.2, 0.25) is 0 Å². The highest BCUT2D eigenvalue weighted by Gasteiger charge is 2.10. The number of nitriles is 1. The minimum Gasteiger partial charge on any atom is -0.493 e. The third-order valence-corrected chi connectivity index (χ3v) is 3.91. The highest BCUT2D eigenvalue weighted by Crippen LogP contribution is 2.29. The smallest absolute Gasteiger partial charge is 0.178 e. The lowest BCUT2D eigenvalue weighted by Crippen LogP contribution is -1.95. The molecule has 6 nitrogen and oxygen atoms in total. The van der Waals surface area contributed by atoms with Crippen molar-refractivity contribution in [3.63, 3.8) is 0 Å². The van der Waals surface area contributed by atoms with Crippen LogP contribution in [-0.2, 0) is 0 Å². The Morgan fingerprint density at radius 3 is 2.85 bits per heavy atom. The molecule has 0 spiro atoms. The fraction of sp³-hybridized carbons (Fsp3) is 0.167. The van der Waals surface area contributed by atoms with Crippen LogP contribution in [0.3, 0.4) is 0 Å². The molecule has 26 heavy (non-hydrogen) atoms. The third-order valence-electron chi connectivity index (χ3n) is 3.48. The number of hydrogen-bond acceptors (Lipinski definition) is 5. The first kappa shape index (κ1) is 19.8. The number of benzene rings is 1. The highest BCUT2D eigenvalue weighted by molar-refractivity contribution is 9.10. The van der Waals surface area contributed by atoms with Crippen molar-refractivity contribution in [2.24, 2.45) is 0 Å². The molecule has 0 radical (unpaired) electrons. The van der Waals surface area contributed by atoms with E-state index in [0.717, 1.165) is 15.6 Å². The first-order chi connectivity index (χ1) is 12.1. The summed E-state index contributed by atoms with van der Waals surface area (Å²) < 4.78 is 11.7. The lowest BCUT2D eigenvalue weighted by molar-refractivity contribution is 0.311. The molecule has 2 heterocycles. The lowest BCUT2D eigenvalue weighted by Gasteiger charge is -2.09. The molecule has 0 bridgehead atoms. The van der Waals surface area contributed by atoms with E-state index in [1.807, 2.05) is 31.2 Å². The number of fused-ring (bicyclic) bond motifs is 1. The quantitative estimate of drug-likeness (QED) is 0.591. The van der Waals surface area contributed by atoms with Crippen molar-refractivity contribution in [3.05, 3.63) is 46.3 Å². The van der Waals surface area contributed by atoms with Crippen LogP contribution in [0.1, 0.15) is 18.3 Å². The van der Waals surface area contributed by atoms with Crippen molar-refractivity contribution in [1.29, 1.82) is 5.26 Å². The number of aromatic nitrogens is 3. The lowest BCUT2D eigenvalue weighted by atomic mass is 10.1.